The van der Waals surface area contributed by atoms with Gasteiger partial charge in [0.15, 0.2) is 10.4 Å². The van der Waals surface area contributed by atoms with Crippen LogP contribution in [-0.2, 0) is 0 Å². The van der Waals surface area contributed by atoms with Gasteiger partial charge >= 0.3 is 0 Å². The Morgan fingerprint density at radius 3 is 2.92 bits per heavy atom. The maximum atomic E-state index is 5.40. The van der Waals surface area contributed by atoms with Crippen LogP contribution in [0, 0.1) is 6.92 Å². The van der Waals surface area contributed by atoms with Crippen molar-refractivity contribution in [1.82, 2.24) is 9.97 Å². The normalized spacial score (nSPS) is 10.5. The fourth-order valence-electron chi connectivity index (χ4n) is 1.09. The van der Waals surface area contributed by atoms with Crippen LogP contribution in [0.15, 0.2) is 27.7 Å². The van der Waals surface area contributed by atoms with Gasteiger partial charge in [-0.1, -0.05) is 0 Å². The molecule has 0 aliphatic heterocycles. The largest absolute Gasteiger partial charge is 0.447 e. The molecule has 0 unspecified atom stereocenters. The maximum Gasteiger partial charge on any atom is 0.170 e. The number of furan rings is 1. The van der Waals surface area contributed by atoms with E-state index in [1.807, 2.05) is 13.0 Å². The number of hydrogen-bond acceptors (Lipinski definition) is 2. The Morgan fingerprint density at radius 2 is 2.42 bits per heavy atom. The summed E-state index contributed by atoms with van der Waals surface area (Å²) in [5.41, 5.74) is 1.99. The molecule has 0 radical (unpaired) electrons. The minimum absolute atomic E-state index is 0.740. The number of imidazole rings is 1. The summed E-state index contributed by atoms with van der Waals surface area (Å²) in [4.78, 5) is 6.90. The van der Waals surface area contributed by atoms with E-state index in [0.717, 1.165) is 21.7 Å². The lowest BCUT2D eigenvalue weighted by atomic mass is 10.2. The number of aromatic amines is 1. The molecule has 2 heterocycles. The summed E-state index contributed by atoms with van der Waals surface area (Å²) in [5.74, 6) is 0.833. The molecule has 1 N–H and O–H groups in total. The Morgan fingerprint density at radius 1 is 1.58 bits per heavy atom. The van der Waals surface area contributed by atoms with E-state index in [1.165, 1.54) is 0 Å². The average molecular weight is 227 g/mol. The molecule has 0 aromatic carbocycles. The monoisotopic (exact) mass is 226 g/mol. The van der Waals surface area contributed by atoms with Crippen molar-refractivity contribution in [2.45, 2.75) is 6.92 Å². The van der Waals surface area contributed by atoms with Crippen molar-refractivity contribution in [3.63, 3.8) is 0 Å². The van der Waals surface area contributed by atoms with Crippen molar-refractivity contribution in [3.8, 4) is 11.5 Å². The van der Waals surface area contributed by atoms with Crippen molar-refractivity contribution in [2.24, 2.45) is 0 Å². The molecule has 0 saturated carbocycles. The first-order valence-electron chi connectivity index (χ1n) is 3.52. The first-order chi connectivity index (χ1) is 5.77. The highest BCUT2D eigenvalue weighted by Crippen LogP contribution is 2.27. The van der Waals surface area contributed by atoms with Gasteiger partial charge in [-0.2, -0.15) is 0 Å². The lowest BCUT2D eigenvalue weighted by Gasteiger charge is -1.90. The number of halogens is 1. The van der Waals surface area contributed by atoms with Crippen molar-refractivity contribution in [2.75, 3.05) is 0 Å². The first-order valence-corrected chi connectivity index (χ1v) is 4.31. The van der Waals surface area contributed by atoms with Gasteiger partial charge in [-0.05, 0) is 34.5 Å². The van der Waals surface area contributed by atoms with Gasteiger partial charge in [0.05, 0.1) is 12.5 Å². The van der Waals surface area contributed by atoms with E-state index in [9.17, 15) is 0 Å². The predicted octanol–water partition coefficient (Wildman–Crippen LogP) is 2.74. The number of nitrogens with one attached hydrogen (secondary N) is 1. The molecule has 0 aliphatic rings. The van der Waals surface area contributed by atoms with Crippen molar-refractivity contribution >= 4 is 15.9 Å². The van der Waals surface area contributed by atoms with Gasteiger partial charge in [-0.25, -0.2) is 4.98 Å². The summed E-state index contributed by atoms with van der Waals surface area (Å²) < 4.78 is 6.14. The third-order valence-electron chi connectivity index (χ3n) is 1.63. The van der Waals surface area contributed by atoms with Crippen LogP contribution in [0.5, 0.6) is 0 Å². The third-order valence-corrected chi connectivity index (χ3v) is 2.02. The Hall–Kier alpha value is -1.03. The van der Waals surface area contributed by atoms with Crippen LogP contribution in [0.3, 0.4) is 0 Å². The van der Waals surface area contributed by atoms with E-state index in [0.29, 0.717) is 0 Å². The van der Waals surface area contributed by atoms with Gasteiger partial charge < -0.3 is 9.40 Å². The molecule has 12 heavy (non-hydrogen) atoms. The topological polar surface area (TPSA) is 41.8 Å². The Kier molecular flexibility index (Phi) is 1.77. The number of nitrogens with zero attached hydrogens (tertiary/aromatic N) is 1. The smallest absolute Gasteiger partial charge is 0.170 e. The molecule has 0 atom stereocenters. The molecule has 4 heteroatoms. The van der Waals surface area contributed by atoms with Crippen LogP contribution in [0.4, 0.5) is 0 Å². The van der Waals surface area contributed by atoms with E-state index in [4.69, 9.17) is 4.42 Å². The zero-order valence-corrected chi connectivity index (χ0v) is 8.05. The van der Waals surface area contributed by atoms with E-state index in [-0.39, 0.29) is 0 Å². The number of aromatic nitrogens is 2. The predicted molar refractivity (Wildman–Crippen MR) is 48.7 cm³/mol. The van der Waals surface area contributed by atoms with E-state index in [2.05, 4.69) is 25.9 Å². The fraction of sp³-hybridized carbons (Fsp3) is 0.125. The zero-order chi connectivity index (χ0) is 8.55. The van der Waals surface area contributed by atoms with Crippen LogP contribution in [0.25, 0.3) is 11.5 Å². The number of aryl methyl sites for hydroxylation is 1. The van der Waals surface area contributed by atoms with Crippen molar-refractivity contribution in [1.29, 1.82) is 0 Å². The number of H-pyrrole nitrogens is 1. The van der Waals surface area contributed by atoms with Crippen LogP contribution < -0.4 is 0 Å². The molecule has 0 saturated heterocycles. The second-order valence-corrected chi connectivity index (χ2v) is 3.31. The second-order valence-electron chi connectivity index (χ2n) is 2.53. The molecule has 3 nitrogen and oxygen atoms in total. The first kappa shape index (κ1) is 7.61. The van der Waals surface area contributed by atoms with E-state index >= 15 is 0 Å². The Labute approximate surface area is 77.9 Å². The highest BCUT2D eigenvalue weighted by atomic mass is 79.9. The molecular formula is C8H7BrN2O. The molecule has 0 amide bonds. The molecule has 2 aromatic heterocycles. The molecule has 0 aliphatic carbocycles. The van der Waals surface area contributed by atoms with Crippen LogP contribution in [0.2, 0.25) is 0 Å². The molecule has 2 aromatic rings. The molecule has 0 bridgehead atoms. The number of hydrogen-bond donors (Lipinski definition) is 1. The lowest BCUT2D eigenvalue weighted by molar-refractivity contribution is 0.553. The highest BCUT2D eigenvalue weighted by molar-refractivity contribution is 9.10. The minimum atomic E-state index is 0.740. The summed E-state index contributed by atoms with van der Waals surface area (Å²) in [6.45, 7) is 1.99. The van der Waals surface area contributed by atoms with E-state index in [1.54, 1.807) is 12.5 Å². The standard InChI is InChI=1S/C8H7BrN2O/c1-5-2-7(9)12-8(5)6-3-10-4-11-6/h2-4H,1H3,(H,10,11). The summed E-state index contributed by atoms with van der Waals surface area (Å²) in [6.07, 6.45) is 3.36. The molecular weight excluding hydrogens is 220 g/mol. The summed E-state index contributed by atoms with van der Waals surface area (Å²) in [6, 6.07) is 1.93. The minimum Gasteiger partial charge on any atom is -0.447 e. The summed E-state index contributed by atoms with van der Waals surface area (Å²) in [7, 11) is 0. The third kappa shape index (κ3) is 1.18. The van der Waals surface area contributed by atoms with Crippen LogP contribution in [0.1, 0.15) is 5.56 Å². The summed E-state index contributed by atoms with van der Waals surface area (Å²) in [5, 5.41) is 0. The van der Waals surface area contributed by atoms with Gasteiger partial charge in [0, 0.05) is 0 Å². The van der Waals surface area contributed by atoms with Gasteiger partial charge in [-0.15, -0.1) is 0 Å². The highest BCUT2D eigenvalue weighted by Gasteiger charge is 2.08. The van der Waals surface area contributed by atoms with Gasteiger partial charge in [0.2, 0.25) is 0 Å². The maximum absolute atomic E-state index is 5.40. The van der Waals surface area contributed by atoms with Crippen LogP contribution in [-0.4, -0.2) is 9.97 Å². The summed E-state index contributed by atoms with van der Waals surface area (Å²) >= 11 is 3.27. The van der Waals surface area contributed by atoms with Crippen LogP contribution >= 0.6 is 15.9 Å². The fourth-order valence-corrected chi connectivity index (χ4v) is 1.60. The lowest BCUT2D eigenvalue weighted by Crippen LogP contribution is -1.74. The molecule has 0 spiro atoms. The van der Waals surface area contributed by atoms with Gasteiger partial charge in [0.25, 0.3) is 0 Å². The van der Waals surface area contributed by atoms with Crippen molar-refractivity contribution in [3.05, 3.63) is 28.8 Å². The second kappa shape index (κ2) is 2.79. The SMILES string of the molecule is Cc1cc(Br)oc1-c1cnc[nH]1. The molecule has 62 valence electrons. The molecule has 0 fully saturated rings. The van der Waals surface area contributed by atoms with E-state index < -0.39 is 0 Å². The number of rotatable bonds is 1. The molecule has 2 rings (SSSR count). The van der Waals surface area contributed by atoms with Gasteiger partial charge in [0.1, 0.15) is 5.69 Å². The van der Waals surface area contributed by atoms with Gasteiger partial charge in [-0.3, -0.25) is 0 Å². The Balaban J connectivity index is 2.54. The van der Waals surface area contributed by atoms with Crippen molar-refractivity contribution < 1.29 is 4.42 Å². The quantitative estimate of drug-likeness (QED) is 0.813. The Bertz CT molecular complexity index is 378. The zero-order valence-electron chi connectivity index (χ0n) is 6.47. The average Bonchev–Trinajstić information content (AvgIpc) is 2.58.